The van der Waals surface area contributed by atoms with E-state index < -0.39 is 22.9 Å². The van der Waals surface area contributed by atoms with Gasteiger partial charge in [0.1, 0.15) is 0 Å². The standard InChI is InChI=1S/C11H21F3N4O2S/c12-11(13,14)10-16-6-8-18(9-7-16)21(19,20)17-4-1-2-15-3-5-17/h15H,1-10H2. The third-order valence-electron chi connectivity index (χ3n) is 3.69. The molecule has 21 heavy (non-hydrogen) atoms. The second kappa shape index (κ2) is 6.78. The fraction of sp³-hybridized carbons (Fsp3) is 1.00. The second-order valence-electron chi connectivity index (χ2n) is 5.30. The van der Waals surface area contributed by atoms with E-state index in [1.807, 2.05) is 0 Å². The summed E-state index contributed by atoms with van der Waals surface area (Å²) in [6.07, 6.45) is -3.50. The quantitative estimate of drug-likeness (QED) is 0.772. The van der Waals surface area contributed by atoms with Gasteiger partial charge in [0.15, 0.2) is 0 Å². The first-order chi connectivity index (χ1) is 9.79. The molecule has 2 rings (SSSR count). The molecular weight excluding hydrogens is 309 g/mol. The zero-order valence-corrected chi connectivity index (χ0v) is 12.6. The Kier molecular flexibility index (Phi) is 5.47. The summed E-state index contributed by atoms with van der Waals surface area (Å²) in [6.45, 7) is 1.73. The predicted molar refractivity (Wildman–Crippen MR) is 72.0 cm³/mol. The largest absolute Gasteiger partial charge is 0.401 e. The molecule has 2 saturated heterocycles. The topological polar surface area (TPSA) is 55.9 Å². The second-order valence-corrected chi connectivity index (χ2v) is 7.23. The minimum Gasteiger partial charge on any atom is -0.315 e. The molecule has 2 heterocycles. The molecule has 10 heteroatoms. The summed E-state index contributed by atoms with van der Waals surface area (Å²) < 4.78 is 64.6. The highest BCUT2D eigenvalue weighted by Crippen LogP contribution is 2.19. The molecule has 0 saturated carbocycles. The fourth-order valence-corrected chi connectivity index (χ4v) is 4.22. The molecule has 0 amide bonds. The van der Waals surface area contributed by atoms with Crippen LogP contribution in [0.5, 0.6) is 0 Å². The molecule has 2 aliphatic heterocycles. The summed E-state index contributed by atoms with van der Waals surface area (Å²) in [4.78, 5) is 1.25. The Morgan fingerprint density at radius 1 is 0.905 bits per heavy atom. The summed E-state index contributed by atoms with van der Waals surface area (Å²) in [5, 5.41) is 3.13. The van der Waals surface area contributed by atoms with E-state index >= 15 is 0 Å². The Balaban J connectivity index is 1.91. The zero-order valence-electron chi connectivity index (χ0n) is 11.8. The van der Waals surface area contributed by atoms with Crippen LogP contribution in [0.15, 0.2) is 0 Å². The minimum atomic E-state index is -4.24. The predicted octanol–water partition coefficient (Wildman–Crippen LogP) is -0.294. The monoisotopic (exact) mass is 330 g/mol. The summed E-state index contributed by atoms with van der Waals surface area (Å²) in [5.41, 5.74) is 0. The molecule has 0 unspecified atom stereocenters. The van der Waals surface area contributed by atoms with Crippen LogP contribution in [0.1, 0.15) is 6.42 Å². The Bertz CT molecular complexity index is 427. The number of hydrogen-bond donors (Lipinski definition) is 1. The number of halogens is 3. The first-order valence-corrected chi connectivity index (χ1v) is 8.44. The molecule has 6 nitrogen and oxygen atoms in total. The molecule has 0 aromatic rings. The maximum Gasteiger partial charge on any atom is 0.401 e. The van der Waals surface area contributed by atoms with E-state index in [1.54, 1.807) is 0 Å². The van der Waals surface area contributed by atoms with Crippen LogP contribution >= 0.6 is 0 Å². The Hall–Kier alpha value is -0.420. The lowest BCUT2D eigenvalue weighted by Crippen LogP contribution is -2.54. The molecule has 0 aliphatic carbocycles. The first-order valence-electron chi connectivity index (χ1n) is 7.04. The summed E-state index contributed by atoms with van der Waals surface area (Å²) in [7, 11) is -3.56. The van der Waals surface area contributed by atoms with Crippen LogP contribution in [0.2, 0.25) is 0 Å². The summed E-state index contributed by atoms with van der Waals surface area (Å²) in [6, 6.07) is 0. The van der Waals surface area contributed by atoms with Crippen LogP contribution in [0, 0.1) is 0 Å². The average molecular weight is 330 g/mol. The first kappa shape index (κ1) is 16.9. The lowest BCUT2D eigenvalue weighted by atomic mass is 10.3. The molecule has 0 aromatic carbocycles. The van der Waals surface area contributed by atoms with Crippen LogP contribution in [-0.2, 0) is 10.2 Å². The van der Waals surface area contributed by atoms with Crippen molar-refractivity contribution in [3.05, 3.63) is 0 Å². The van der Waals surface area contributed by atoms with Gasteiger partial charge in [-0.2, -0.15) is 30.2 Å². The minimum absolute atomic E-state index is 0.113. The van der Waals surface area contributed by atoms with Crippen LogP contribution in [-0.4, -0.2) is 87.0 Å². The zero-order chi connectivity index (χ0) is 15.5. The van der Waals surface area contributed by atoms with Gasteiger partial charge in [-0.25, -0.2) is 0 Å². The SMILES string of the molecule is O=S(=O)(N1CCCNCC1)N1CCN(CC(F)(F)F)CC1. The van der Waals surface area contributed by atoms with Gasteiger partial charge in [-0.1, -0.05) is 0 Å². The lowest BCUT2D eigenvalue weighted by Gasteiger charge is -2.36. The van der Waals surface area contributed by atoms with Gasteiger partial charge in [0.05, 0.1) is 6.54 Å². The maximum absolute atomic E-state index is 12.5. The fourth-order valence-electron chi connectivity index (χ4n) is 2.59. The Morgan fingerprint density at radius 3 is 2.14 bits per heavy atom. The number of nitrogens with zero attached hydrogens (tertiary/aromatic N) is 3. The van der Waals surface area contributed by atoms with Crippen molar-refractivity contribution in [2.75, 3.05) is 58.9 Å². The van der Waals surface area contributed by atoms with Crippen molar-refractivity contribution < 1.29 is 21.6 Å². The van der Waals surface area contributed by atoms with Crippen LogP contribution in [0.4, 0.5) is 13.2 Å². The number of piperazine rings is 1. The maximum atomic E-state index is 12.5. The molecule has 124 valence electrons. The lowest BCUT2D eigenvalue weighted by molar-refractivity contribution is -0.148. The summed E-state index contributed by atoms with van der Waals surface area (Å²) >= 11 is 0. The summed E-state index contributed by atoms with van der Waals surface area (Å²) in [5.74, 6) is 0. The van der Waals surface area contributed by atoms with Gasteiger partial charge < -0.3 is 5.32 Å². The Labute approximate surface area is 123 Å². The third kappa shape index (κ3) is 4.78. The molecule has 0 bridgehead atoms. The van der Waals surface area contributed by atoms with E-state index in [9.17, 15) is 21.6 Å². The normalized spacial score (nSPS) is 24.9. The van der Waals surface area contributed by atoms with Crippen molar-refractivity contribution >= 4 is 10.2 Å². The van der Waals surface area contributed by atoms with E-state index in [0.717, 1.165) is 13.0 Å². The number of rotatable bonds is 3. The van der Waals surface area contributed by atoms with Crippen molar-refractivity contribution in [3.63, 3.8) is 0 Å². The molecule has 0 aromatic heterocycles. The Morgan fingerprint density at radius 2 is 1.52 bits per heavy atom. The smallest absolute Gasteiger partial charge is 0.315 e. The number of hydrogen-bond acceptors (Lipinski definition) is 4. The van der Waals surface area contributed by atoms with Crippen molar-refractivity contribution in [2.24, 2.45) is 0 Å². The van der Waals surface area contributed by atoms with Crippen molar-refractivity contribution in [1.29, 1.82) is 0 Å². The van der Waals surface area contributed by atoms with Gasteiger partial charge in [0.25, 0.3) is 10.2 Å². The van der Waals surface area contributed by atoms with Crippen molar-refractivity contribution in [2.45, 2.75) is 12.6 Å². The molecular formula is C11H21F3N4O2S. The van der Waals surface area contributed by atoms with Gasteiger partial charge in [-0.05, 0) is 13.0 Å². The highest BCUT2D eigenvalue weighted by atomic mass is 32.2. The van der Waals surface area contributed by atoms with Crippen LogP contribution in [0.3, 0.4) is 0 Å². The van der Waals surface area contributed by atoms with E-state index in [4.69, 9.17) is 0 Å². The molecule has 2 fully saturated rings. The van der Waals surface area contributed by atoms with Crippen molar-refractivity contribution in [1.82, 2.24) is 18.8 Å². The average Bonchev–Trinajstić information content (AvgIpc) is 2.66. The van der Waals surface area contributed by atoms with Crippen LogP contribution in [0.25, 0.3) is 0 Å². The highest BCUT2D eigenvalue weighted by molar-refractivity contribution is 7.86. The molecule has 0 radical (unpaired) electrons. The molecule has 0 atom stereocenters. The number of nitrogens with one attached hydrogen (secondary N) is 1. The van der Waals surface area contributed by atoms with E-state index in [-0.39, 0.29) is 26.2 Å². The number of alkyl halides is 3. The van der Waals surface area contributed by atoms with E-state index in [2.05, 4.69) is 5.32 Å². The highest BCUT2D eigenvalue weighted by Gasteiger charge is 2.36. The van der Waals surface area contributed by atoms with Gasteiger partial charge in [-0.3, -0.25) is 4.90 Å². The molecule has 1 N–H and O–H groups in total. The van der Waals surface area contributed by atoms with E-state index in [0.29, 0.717) is 19.6 Å². The molecule has 0 spiro atoms. The van der Waals surface area contributed by atoms with Crippen molar-refractivity contribution in [3.8, 4) is 0 Å². The van der Waals surface area contributed by atoms with Gasteiger partial charge in [0.2, 0.25) is 0 Å². The van der Waals surface area contributed by atoms with Crippen LogP contribution < -0.4 is 5.32 Å². The van der Waals surface area contributed by atoms with Gasteiger partial charge >= 0.3 is 6.18 Å². The van der Waals surface area contributed by atoms with E-state index in [1.165, 1.54) is 13.5 Å². The van der Waals surface area contributed by atoms with Gasteiger partial charge in [0, 0.05) is 45.8 Å². The van der Waals surface area contributed by atoms with Gasteiger partial charge in [-0.15, -0.1) is 0 Å². The third-order valence-corrected chi connectivity index (χ3v) is 5.72. The molecule has 2 aliphatic rings.